The number of benzene rings is 2. The molecule has 0 aliphatic rings. The predicted molar refractivity (Wildman–Crippen MR) is 74.4 cm³/mol. The molecular formula is C15H16ClNO. The normalized spacial score (nSPS) is 10.6. The molecule has 94 valence electrons. The summed E-state index contributed by atoms with van der Waals surface area (Å²) in [6.07, 6.45) is 0. The second-order valence-corrected chi connectivity index (χ2v) is 4.58. The lowest BCUT2D eigenvalue weighted by Gasteiger charge is -2.07. The molecule has 0 bridgehead atoms. The molecule has 2 rings (SSSR count). The molecule has 0 unspecified atom stereocenters. The summed E-state index contributed by atoms with van der Waals surface area (Å²) in [4.78, 5) is 0. The van der Waals surface area contributed by atoms with Gasteiger partial charge in [0.1, 0.15) is 0 Å². The fraction of sp³-hybridized carbons (Fsp3) is 0.200. The highest BCUT2D eigenvalue weighted by atomic mass is 35.5. The lowest BCUT2D eigenvalue weighted by molar-refractivity contribution is 0.282. The Labute approximate surface area is 112 Å². The van der Waals surface area contributed by atoms with Crippen molar-refractivity contribution < 1.29 is 5.11 Å². The molecule has 2 aromatic rings. The smallest absolute Gasteiger partial charge is 0.0681 e. The number of aliphatic hydroxyl groups is 1. The lowest BCUT2D eigenvalue weighted by Crippen LogP contribution is -2.12. The van der Waals surface area contributed by atoms with Crippen LogP contribution in [0.2, 0.25) is 5.02 Å². The summed E-state index contributed by atoms with van der Waals surface area (Å²) in [6, 6.07) is 15.7. The van der Waals surface area contributed by atoms with Gasteiger partial charge in [-0.25, -0.2) is 0 Å². The van der Waals surface area contributed by atoms with Gasteiger partial charge in [0.25, 0.3) is 0 Å². The Kier molecular flexibility index (Phi) is 4.76. The molecule has 2 N–H and O–H groups in total. The summed E-state index contributed by atoms with van der Waals surface area (Å²) in [5.74, 6) is 0. The summed E-state index contributed by atoms with van der Waals surface area (Å²) >= 11 is 6.08. The molecule has 0 aliphatic heterocycles. The molecule has 18 heavy (non-hydrogen) atoms. The van der Waals surface area contributed by atoms with Crippen molar-refractivity contribution in [2.45, 2.75) is 19.7 Å². The van der Waals surface area contributed by atoms with Gasteiger partial charge in [0.2, 0.25) is 0 Å². The van der Waals surface area contributed by atoms with Crippen LogP contribution in [-0.2, 0) is 19.7 Å². The Morgan fingerprint density at radius 2 is 1.56 bits per heavy atom. The molecule has 0 atom stereocenters. The zero-order chi connectivity index (χ0) is 12.8. The van der Waals surface area contributed by atoms with Crippen LogP contribution in [0.1, 0.15) is 16.7 Å². The molecule has 2 nitrogen and oxygen atoms in total. The van der Waals surface area contributed by atoms with Crippen LogP contribution in [-0.4, -0.2) is 5.11 Å². The Hall–Kier alpha value is -1.35. The predicted octanol–water partition coefficient (Wildman–Crippen LogP) is 3.12. The van der Waals surface area contributed by atoms with Crippen LogP contribution >= 0.6 is 11.6 Å². The fourth-order valence-corrected chi connectivity index (χ4v) is 1.95. The quantitative estimate of drug-likeness (QED) is 0.867. The molecule has 0 spiro atoms. The van der Waals surface area contributed by atoms with E-state index in [-0.39, 0.29) is 6.61 Å². The molecule has 0 aliphatic carbocycles. The van der Waals surface area contributed by atoms with Gasteiger partial charge in [-0.2, -0.15) is 0 Å². The minimum absolute atomic E-state index is 0.0906. The Balaban J connectivity index is 1.86. The standard InChI is InChI=1S/C15H16ClNO/c16-15-4-2-1-3-14(15)10-17-9-12-5-7-13(11-18)8-6-12/h1-8,17-18H,9-11H2. The summed E-state index contributed by atoms with van der Waals surface area (Å²) < 4.78 is 0. The third-order valence-corrected chi connectivity index (χ3v) is 3.18. The molecule has 0 saturated carbocycles. The number of nitrogens with one attached hydrogen (secondary N) is 1. The van der Waals surface area contributed by atoms with Gasteiger partial charge < -0.3 is 10.4 Å². The first-order valence-electron chi connectivity index (χ1n) is 5.92. The van der Waals surface area contributed by atoms with Gasteiger partial charge in [0.15, 0.2) is 0 Å². The number of halogens is 1. The van der Waals surface area contributed by atoms with Gasteiger partial charge >= 0.3 is 0 Å². The van der Waals surface area contributed by atoms with E-state index in [9.17, 15) is 0 Å². The third-order valence-electron chi connectivity index (χ3n) is 2.81. The van der Waals surface area contributed by atoms with Crippen LogP contribution in [0, 0.1) is 0 Å². The first kappa shape index (κ1) is 13.1. The van der Waals surface area contributed by atoms with Crippen LogP contribution in [0.5, 0.6) is 0 Å². The van der Waals surface area contributed by atoms with E-state index in [1.807, 2.05) is 48.5 Å². The highest BCUT2D eigenvalue weighted by Crippen LogP contribution is 2.14. The minimum atomic E-state index is 0.0906. The third kappa shape index (κ3) is 3.57. The van der Waals surface area contributed by atoms with Crippen molar-refractivity contribution in [3.63, 3.8) is 0 Å². The lowest BCUT2D eigenvalue weighted by atomic mass is 10.1. The fourth-order valence-electron chi connectivity index (χ4n) is 1.75. The van der Waals surface area contributed by atoms with E-state index in [1.165, 1.54) is 5.56 Å². The molecule has 0 aromatic heterocycles. The molecule has 3 heteroatoms. The molecule has 2 aromatic carbocycles. The number of hydrogen-bond donors (Lipinski definition) is 2. The van der Waals surface area contributed by atoms with Crippen molar-refractivity contribution in [3.8, 4) is 0 Å². The van der Waals surface area contributed by atoms with Gasteiger partial charge in [0, 0.05) is 18.1 Å². The van der Waals surface area contributed by atoms with E-state index in [4.69, 9.17) is 16.7 Å². The van der Waals surface area contributed by atoms with Crippen LogP contribution < -0.4 is 5.32 Å². The second-order valence-electron chi connectivity index (χ2n) is 4.17. The van der Waals surface area contributed by atoms with E-state index < -0.39 is 0 Å². The minimum Gasteiger partial charge on any atom is -0.392 e. The molecule has 0 radical (unpaired) electrons. The average Bonchev–Trinajstić information content (AvgIpc) is 2.42. The zero-order valence-corrected chi connectivity index (χ0v) is 10.8. The topological polar surface area (TPSA) is 32.3 Å². The maximum atomic E-state index is 8.95. The number of rotatable bonds is 5. The van der Waals surface area contributed by atoms with Crippen molar-refractivity contribution in [2.75, 3.05) is 0 Å². The van der Waals surface area contributed by atoms with Gasteiger partial charge in [-0.05, 0) is 22.8 Å². The van der Waals surface area contributed by atoms with Crippen LogP contribution in [0.4, 0.5) is 0 Å². The van der Waals surface area contributed by atoms with Gasteiger partial charge in [-0.3, -0.25) is 0 Å². The molecule has 0 saturated heterocycles. The number of hydrogen-bond acceptors (Lipinski definition) is 2. The van der Waals surface area contributed by atoms with Crippen LogP contribution in [0.25, 0.3) is 0 Å². The monoisotopic (exact) mass is 261 g/mol. The first-order valence-corrected chi connectivity index (χ1v) is 6.30. The largest absolute Gasteiger partial charge is 0.392 e. The molecular weight excluding hydrogens is 246 g/mol. The highest BCUT2D eigenvalue weighted by molar-refractivity contribution is 6.31. The van der Waals surface area contributed by atoms with Gasteiger partial charge in [-0.15, -0.1) is 0 Å². The van der Waals surface area contributed by atoms with Gasteiger partial charge in [-0.1, -0.05) is 54.1 Å². The molecule has 0 amide bonds. The Morgan fingerprint density at radius 3 is 2.22 bits per heavy atom. The maximum Gasteiger partial charge on any atom is 0.0681 e. The summed E-state index contributed by atoms with van der Waals surface area (Å²) in [7, 11) is 0. The molecule has 0 heterocycles. The van der Waals surface area contributed by atoms with E-state index >= 15 is 0 Å². The average molecular weight is 262 g/mol. The maximum absolute atomic E-state index is 8.95. The van der Waals surface area contributed by atoms with Crippen LogP contribution in [0.3, 0.4) is 0 Å². The van der Waals surface area contributed by atoms with E-state index in [1.54, 1.807) is 0 Å². The molecule has 0 fully saturated rings. The van der Waals surface area contributed by atoms with E-state index in [0.717, 1.165) is 29.2 Å². The van der Waals surface area contributed by atoms with Crippen molar-refractivity contribution in [2.24, 2.45) is 0 Å². The van der Waals surface area contributed by atoms with Crippen molar-refractivity contribution >= 4 is 11.6 Å². The second kappa shape index (κ2) is 6.55. The van der Waals surface area contributed by atoms with Crippen molar-refractivity contribution in [1.82, 2.24) is 5.32 Å². The SMILES string of the molecule is OCc1ccc(CNCc2ccccc2Cl)cc1. The summed E-state index contributed by atoms with van der Waals surface area (Å²) in [6.45, 7) is 1.63. The summed E-state index contributed by atoms with van der Waals surface area (Å²) in [5.41, 5.74) is 3.23. The first-order chi connectivity index (χ1) is 8.79. The van der Waals surface area contributed by atoms with Crippen LogP contribution in [0.15, 0.2) is 48.5 Å². The van der Waals surface area contributed by atoms with E-state index in [0.29, 0.717) is 0 Å². The Bertz CT molecular complexity index is 496. The summed E-state index contributed by atoms with van der Waals surface area (Å²) in [5, 5.41) is 13.1. The Morgan fingerprint density at radius 1 is 0.889 bits per heavy atom. The highest BCUT2D eigenvalue weighted by Gasteiger charge is 1.98. The van der Waals surface area contributed by atoms with E-state index in [2.05, 4.69) is 5.32 Å². The zero-order valence-electron chi connectivity index (χ0n) is 10.1. The number of aliphatic hydroxyl groups excluding tert-OH is 1. The van der Waals surface area contributed by atoms with Crippen molar-refractivity contribution in [3.05, 3.63) is 70.2 Å². The van der Waals surface area contributed by atoms with Gasteiger partial charge in [0.05, 0.1) is 6.61 Å². The van der Waals surface area contributed by atoms with Crippen molar-refractivity contribution in [1.29, 1.82) is 0 Å².